The fraction of sp³-hybridized carbons (Fsp3) is 0.444. The normalized spacial score (nSPS) is 10.0. The Morgan fingerprint density at radius 3 is 3.00 bits per heavy atom. The zero-order chi connectivity index (χ0) is 9.68. The lowest BCUT2D eigenvalue weighted by molar-refractivity contribution is 0.297. The second-order valence-electron chi connectivity index (χ2n) is 2.68. The predicted molar refractivity (Wildman–Crippen MR) is 51.3 cm³/mol. The topological polar surface area (TPSA) is 42.4 Å². The van der Waals surface area contributed by atoms with Gasteiger partial charge in [0, 0.05) is 6.07 Å². The maximum absolute atomic E-state index is 9.01. The fourth-order valence-corrected chi connectivity index (χ4v) is 1.05. The molecular formula is C9H12ClNO2. The average molecular weight is 202 g/mol. The first-order valence-corrected chi connectivity index (χ1v) is 4.59. The van der Waals surface area contributed by atoms with Crippen molar-refractivity contribution in [1.29, 1.82) is 0 Å². The first-order valence-electron chi connectivity index (χ1n) is 4.21. The van der Waals surface area contributed by atoms with Crippen molar-refractivity contribution in [2.24, 2.45) is 0 Å². The van der Waals surface area contributed by atoms with Crippen LogP contribution in [-0.2, 0) is 0 Å². The number of nitrogens with zero attached hydrogens (tertiary/aromatic N) is 1. The van der Waals surface area contributed by atoms with Gasteiger partial charge in [0.25, 0.3) is 0 Å². The molecule has 1 heterocycles. The third kappa shape index (κ3) is 3.11. The molecule has 0 amide bonds. The number of hydrogen-bond donors (Lipinski definition) is 1. The van der Waals surface area contributed by atoms with Gasteiger partial charge >= 0.3 is 0 Å². The molecule has 1 aromatic heterocycles. The van der Waals surface area contributed by atoms with Crippen molar-refractivity contribution < 1.29 is 9.84 Å². The molecule has 0 aromatic carbocycles. The van der Waals surface area contributed by atoms with E-state index in [9.17, 15) is 0 Å². The number of ether oxygens (including phenoxy) is 1. The van der Waals surface area contributed by atoms with Crippen LogP contribution in [-0.4, -0.2) is 16.7 Å². The molecule has 0 unspecified atom stereocenters. The molecule has 0 saturated heterocycles. The highest BCUT2D eigenvalue weighted by atomic mass is 35.5. The molecule has 0 bridgehead atoms. The van der Waals surface area contributed by atoms with Crippen molar-refractivity contribution in [3.05, 3.63) is 17.3 Å². The van der Waals surface area contributed by atoms with Gasteiger partial charge in [-0.1, -0.05) is 24.9 Å². The minimum Gasteiger partial charge on any atom is -0.506 e. The summed E-state index contributed by atoms with van der Waals surface area (Å²) in [4.78, 5) is 3.85. The highest BCUT2D eigenvalue weighted by molar-refractivity contribution is 6.31. The quantitative estimate of drug-likeness (QED) is 0.762. The van der Waals surface area contributed by atoms with E-state index >= 15 is 0 Å². The molecule has 0 aliphatic heterocycles. The third-order valence-electron chi connectivity index (χ3n) is 1.53. The van der Waals surface area contributed by atoms with E-state index in [1.807, 2.05) is 0 Å². The lowest BCUT2D eigenvalue weighted by atomic mass is 10.4. The van der Waals surface area contributed by atoms with Gasteiger partial charge in [0.1, 0.15) is 10.8 Å². The van der Waals surface area contributed by atoms with Crippen LogP contribution in [0.4, 0.5) is 0 Å². The van der Waals surface area contributed by atoms with Crippen molar-refractivity contribution in [2.45, 2.75) is 19.8 Å². The molecule has 1 rings (SSSR count). The van der Waals surface area contributed by atoms with Crippen LogP contribution in [0.25, 0.3) is 0 Å². The van der Waals surface area contributed by atoms with Crippen molar-refractivity contribution in [1.82, 2.24) is 4.98 Å². The minimum atomic E-state index is 0.0489. The van der Waals surface area contributed by atoms with Gasteiger partial charge in [-0.05, 0) is 6.42 Å². The summed E-state index contributed by atoms with van der Waals surface area (Å²) < 4.78 is 5.28. The second-order valence-corrected chi connectivity index (χ2v) is 3.09. The van der Waals surface area contributed by atoms with Crippen LogP contribution >= 0.6 is 11.6 Å². The summed E-state index contributed by atoms with van der Waals surface area (Å²) in [5, 5.41) is 9.35. The van der Waals surface area contributed by atoms with Gasteiger partial charge in [-0.25, -0.2) is 4.98 Å². The molecule has 0 fully saturated rings. The summed E-state index contributed by atoms with van der Waals surface area (Å²) in [6.45, 7) is 2.68. The molecule has 0 spiro atoms. The molecule has 13 heavy (non-hydrogen) atoms. The molecule has 0 saturated carbocycles. The Balaban J connectivity index is 2.56. The van der Waals surface area contributed by atoms with Gasteiger partial charge in [-0.3, -0.25) is 0 Å². The molecular weight excluding hydrogens is 190 g/mol. The highest BCUT2D eigenvalue weighted by Crippen LogP contribution is 2.24. The molecule has 0 atom stereocenters. The molecule has 72 valence electrons. The second kappa shape index (κ2) is 4.92. The van der Waals surface area contributed by atoms with E-state index in [0.29, 0.717) is 17.5 Å². The van der Waals surface area contributed by atoms with Gasteiger partial charge < -0.3 is 9.84 Å². The Kier molecular flexibility index (Phi) is 3.83. The number of hydrogen-bond acceptors (Lipinski definition) is 3. The van der Waals surface area contributed by atoms with Crippen LogP contribution < -0.4 is 4.74 Å². The molecule has 1 N–H and O–H groups in total. The van der Waals surface area contributed by atoms with Crippen LogP contribution in [0.3, 0.4) is 0 Å². The summed E-state index contributed by atoms with van der Waals surface area (Å²) in [5.74, 6) is 0.431. The Hall–Kier alpha value is -0.960. The highest BCUT2D eigenvalue weighted by Gasteiger charge is 2.03. The Bertz CT molecular complexity index is 278. The van der Waals surface area contributed by atoms with E-state index in [-0.39, 0.29) is 5.75 Å². The molecule has 0 aliphatic carbocycles. The van der Waals surface area contributed by atoms with Crippen LogP contribution in [0.1, 0.15) is 19.8 Å². The number of pyridine rings is 1. The number of rotatable bonds is 4. The van der Waals surface area contributed by atoms with Crippen molar-refractivity contribution in [3.63, 3.8) is 0 Å². The number of halogens is 1. The van der Waals surface area contributed by atoms with Crippen LogP contribution in [0.5, 0.6) is 11.6 Å². The average Bonchev–Trinajstić information content (AvgIpc) is 2.09. The molecule has 4 heteroatoms. The zero-order valence-electron chi connectivity index (χ0n) is 7.46. The van der Waals surface area contributed by atoms with Crippen molar-refractivity contribution in [3.8, 4) is 11.6 Å². The smallest absolute Gasteiger partial charge is 0.232 e. The first kappa shape index (κ1) is 10.1. The van der Waals surface area contributed by atoms with Crippen LogP contribution in [0.2, 0.25) is 5.02 Å². The van der Waals surface area contributed by atoms with Crippen LogP contribution in [0, 0.1) is 0 Å². The van der Waals surface area contributed by atoms with E-state index in [4.69, 9.17) is 21.4 Å². The first-order chi connectivity index (χ1) is 6.24. The Morgan fingerprint density at radius 1 is 1.62 bits per heavy atom. The van der Waals surface area contributed by atoms with Crippen molar-refractivity contribution in [2.75, 3.05) is 6.61 Å². The predicted octanol–water partition coefficient (Wildman–Crippen LogP) is 2.62. The van der Waals surface area contributed by atoms with Gasteiger partial charge in [0.15, 0.2) is 0 Å². The van der Waals surface area contributed by atoms with Gasteiger partial charge in [-0.15, -0.1) is 0 Å². The molecule has 1 aromatic rings. The van der Waals surface area contributed by atoms with Gasteiger partial charge in [-0.2, -0.15) is 0 Å². The minimum absolute atomic E-state index is 0.0489. The van der Waals surface area contributed by atoms with E-state index in [1.54, 1.807) is 0 Å². The van der Waals surface area contributed by atoms with E-state index in [2.05, 4.69) is 11.9 Å². The van der Waals surface area contributed by atoms with Crippen molar-refractivity contribution >= 4 is 11.6 Å². The summed E-state index contributed by atoms with van der Waals surface area (Å²) in [6.07, 6.45) is 3.35. The maximum atomic E-state index is 9.01. The molecule has 0 aliphatic rings. The summed E-state index contributed by atoms with van der Waals surface area (Å²) in [6, 6.07) is 1.41. The number of unbranched alkanes of at least 4 members (excludes halogenated alkanes) is 1. The summed E-state index contributed by atoms with van der Waals surface area (Å²) in [5.41, 5.74) is 0. The largest absolute Gasteiger partial charge is 0.506 e. The van der Waals surface area contributed by atoms with Gasteiger partial charge in [0.2, 0.25) is 5.88 Å². The summed E-state index contributed by atoms with van der Waals surface area (Å²) >= 11 is 5.76. The third-order valence-corrected chi connectivity index (χ3v) is 1.80. The summed E-state index contributed by atoms with van der Waals surface area (Å²) in [7, 11) is 0. The van der Waals surface area contributed by atoms with Crippen LogP contribution in [0.15, 0.2) is 12.3 Å². The number of aromatic hydroxyl groups is 1. The Morgan fingerprint density at radius 2 is 2.38 bits per heavy atom. The van der Waals surface area contributed by atoms with E-state index in [0.717, 1.165) is 12.8 Å². The lowest BCUT2D eigenvalue weighted by Gasteiger charge is -2.05. The monoisotopic (exact) mass is 201 g/mol. The molecule has 3 nitrogen and oxygen atoms in total. The SMILES string of the molecule is CCCCOc1ncc(O)cc1Cl. The Labute approximate surface area is 82.3 Å². The van der Waals surface area contributed by atoms with E-state index in [1.165, 1.54) is 12.3 Å². The lowest BCUT2D eigenvalue weighted by Crippen LogP contribution is -1.98. The standard InChI is InChI=1S/C9H12ClNO2/c1-2-3-4-13-9-8(10)5-7(12)6-11-9/h5-6,12H,2-4H2,1H3. The maximum Gasteiger partial charge on any atom is 0.232 e. The molecule has 0 radical (unpaired) electrons. The fourth-order valence-electron chi connectivity index (χ4n) is 0.835. The van der Waals surface area contributed by atoms with Gasteiger partial charge in [0.05, 0.1) is 12.8 Å². The number of aromatic nitrogens is 1. The zero-order valence-corrected chi connectivity index (χ0v) is 8.21. The van der Waals surface area contributed by atoms with E-state index < -0.39 is 0 Å².